The van der Waals surface area contributed by atoms with Crippen LogP contribution in [0.25, 0.3) is 10.8 Å². The molecule has 230 valence electrons. The number of fused-ring (bicyclic) bond motifs is 2. The van der Waals surface area contributed by atoms with Crippen LogP contribution in [-0.4, -0.2) is 88.9 Å². The van der Waals surface area contributed by atoms with Crippen LogP contribution in [0.1, 0.15) is 36.9 Å². The van der Waals surface area contributed by atoms with E-state index < -0.39 is 11.6 Å². The molecule has 10 nitrogen and oxygen atoms in total. The van der Waals surface area contributed by atoms with Crippen molar-refractivity contribution >= 4 is 39.8 Å². The summed E-state index contributed by atoms with van der Waals surface area (Å²) in [6.07, 6.45) is 5.30. The Kier molecular flexibility index (Phi) is 8.89. The number of carbonyl (C=O) groups excluding carboxylic acids is 1. The highest BCUT2D eigenvalue weighted by Crippen LogP contribution is 2.38. The summed E-state index contributed by atoms with van der Waals surface area (Å²) in [5.41, 5.74) is 1.21. The van der Waals surface area contributed by atoms with Gasteiger partial charge in [-0.3, -0.25) is 9.69 Å². The van der Waals surface area contributed by atoms with E-state index in [-0.39, 0.29) is 19.5 Å². The molecule has 2 aromatic carbocycles. The standard InChI is InChI=1S/C33H38ClN7O3/c1-2-29(42)41-19-18-40(23-33(41,43)13-14-35)31-25-12-17-39(28-11-7-9-24-8-6-10-26(34)30(24)28)22-27(25)36-32(37-31)44-21-20-38-15-4-3-5-16-38/h2,6-11,43H,1,3-5,12-13,15-23H2/t33-/m0/s1. The first-order valence-electron chi connectivity index (χ1n) is 15.4. The number of nitrogens with zero attached hydrogens (tertiary/aromatic N) is 7. The molecule has 44 heavy (non-hydrogen) atoms. The van der Waals surface area contributed by atoms with Crippen molar-refractivity contribution in [2.24, 2.45) is 0 Å². The van der Waals surface area contributed by atoms with E-state index in [1.807, 2.05) is 23.1 Å². The lowest BCUT2D eigenvalue weighted by molar-refractivity contribution is -0.155. The number of hydrogen-bond acceptors (Lipinski definition) is 9. The Bertz CT molecular complexity index is 1580. The molecule has 0 spiro atoms. The molecule has 3 aliphatic heterocycles. The number of amides is 1. The van der Waals surface area contributed by atoms with Crippen LogP contribution < -0.4 is 14.5 Å². The van der Waals surface area contributed by atoms with Gasteiger partial charge in [0.25, 0.3) is 0 Å². The number of piperazine rings is 1. The Morgan fingerprint density at radius 1 is 1.09 bits per heavy atom. The zero-order valence-electron chi connectivity index (χ0n) is 24.9. The fourth-order valence-corrected chi connectivity index (χ4v) is 6.97. The molecule has 0 saturated carbocycles. The van der Waals surface area contributed by atoms with Gasteiger partial charge in [-0.15, -0.1) is 0 Å². The Morgan fingerprint density at radius 2 is 1.89 bits per heavy atom. The lowest BCUT2D eigenvalue weighted by atomic mass is 10.00. The highest BCUT2D eigenvalue weighted by Gasteiger charge is 2.43. The van der Waals surface area contributed by atoms with Crippen molar-refractivity contribution in [1.82, 2.24) is 19.8 Å². The summed E-state index contributed by atoms with van der Waals surface area (Å²) in [6.45, 7) is 8.97. The molecule has 1 atom stereocenters. The molecule has 3 aliphatic rings. The zero-order chi connectivity index (χ0) is 30.7. The first-order chi connectivity index (χ1) is 21.4. The predicted octanol–water partition coefficient (Wildman–Crippen LogP) is 4.15. The second-order valence-electron chi connectivity index (χ2n) is 11.7. The molecule has 0 aliphatic carbocycles. The molecule has 3 aromatic rings. The van der Waals surface area contributed by atoms with E-state index in [1.54, 1.807) is 0 Å². The van der Waals surface area contributed by atoms with E-state index in [2.05, 4.69) is 40.6 Å². The lowest BCUT2D eigenvalue weighted by Crippen LogP contribution is -2.64. The summed E-state index contributed by atoms with van der Waals surface area (Å²) in [4.78, 5) is 30.4. The normalized spacial score (nSPS) is 20.7. The van der Waals surface area contributed by atoms with Gasteiger partial charge in [-0.1, -0.05) is 48.9 Å². The second kappa shape index (κ2) is 13.0. The molecule has 1 amide bonds. The van der Waals surface area contributed by atoms with Crippen molar-refractivity contribution < 1.29 is 14.6 Å². The topological polar surface area (TPSA) is 109 Å². The summed E-state index contributed by atoms with van der Waals surface area (Å²) in [6, 6.07) is 14.5. The lowest BCUT2D eigenvalue weighted by Gasteiger charge is -2.47. The van der Waals surface area contributed by atoms with E-state index in [0.29, 0.717) is 43.0 Å². The van der Waals surface area contributed by atoms with Gasteiger partial charge in [-0.2, -0.15) is 15.2 Å². The fourth-order valence-electron chi connectivity index (χ4n) is 6.69. The second-order valence-corrected chi connectivity index (χ2v) is 12.1. The van der Waals surface area contributed by atoms with Crippen LogP contribution in [0.15, 0.2) is 49.1 Å². The van der Waals surface area contributed by atoms with Crippen molar-refractivity contribution in [3.63, 3.8) is 0 Å². The van der Waals surface area contributed by atoms with Gasteiger partial charge in [0.2, 0.25) is 5.91 Å². The molecule has 4 heterocycles. The minimum absolute atomic E-state index is 0.0411. The first-order valence-corrected chi connectivity index (χ1v) is 15.7. The number of anilines is 2. The maximum atomic E-state index is 12.6. The van der Waals surface area contributed by atoms with Gasteiger partial charge in [-0.05, 0) is 55.9 Å². The summed E-state index contributed by atoms with van der Waals surface area (Å²) >= 11 is 6.69. The van der Waals surface area contributed by atoms with E-state index in [9.17, 15) is 15.2 Å². The number of aliphatic hydroxyl groups is 1. The van der Waals surface area contributed by atoms with Gasteiger partial charge in [0.05, 0.1) is 36.3 Å². The minimum Gasteiger partial charge on any atom is -0.462 e. The van der Waals surface area contributed by atoms with Crippen molar-refractivity contribution in [2.75, 3.05) is 62.2 Å². The molecular formula is C33H38ClN7O3. The number of piperidine rings is 1. The largest absolute Gasteiger partial charge is 0.462 e. The van der Waals surface area contributed by atoms with Crippen LogP contribution in [-0.2, 0) is 17.8 Å². The fraction of sp³-hybridized carbons (Fsp3) is 0.455. The number of halogens is 1. The molecule has 0 unspecified atom stereocenters. The monoisotopic (exact) mass is 615 g/mol. The third-order valence-corrected chi connectivity index (χ3v) is 9.24. The van der Waals surface area contributed by atoms with Gasteiger partial charge >= 0.3 is 6.01 Å². The third kappa shape index (κ3) is 6.05. The number of likely N-dealkylation sites (tertiary alicyclic amines) is 1. The van der Waals surface area contributed by atoms with Gasteiger partial charge in [0, 0.05) is 42.8 Å². The smallest absolute Gasteiger partial charge is 0.318 e. The number of benzene rings is 2. The molecule has 0 radical (unpaired) electrons. The summed E-state index contributed by atoms with van der Waals surface area (Å²) in [5.74, 6) is 0.277. The zero-order valence-corrected chi connectivity index (χ0v) is 25.7. The van der Waals surface area contributed by atoms with Crippen molar-refractivity contribution in [3.05, 3.63) is 65.3 Å². The highest BCUT2D eigenvalue weighted by molar-refractivity contribution is 6.36. The van der Waals surface area contributed by atoms with E-state index in [1.165, 1.54) is 30.2 Å². The van der Waals surface area contributed by atoms with Gasteiger partial charge in [-0.25, -0.2) is 0 Å². The SMILES string of the molecule is C=CC(=O)N1CCN(c2nc(OCCN3CCCCC3)nc3c2CCN(c2cccc4cccc(Cl)c24)C3)C[C@@]1(O)CC#N. The number of rotatable bonds is 8. The Morgan fingerprint density at radius 3 is 2.66 bits per heavy atom. The van der Waals surface area contributed by atoms with Crippen LogP contribution in [0.5, 0.6) is 6.01 Å². The van der Waals surface area contributed by atoms with E-state index >= 15 is 0 Å². The molecule has 2 fully saturated rings. The minimum atomic E-state index is -1.67. The maximum absolute atomic E-state index is 12.6. The van der Waals surface area contributed by atoms with Crippen LogP contribution in [0.2, 0.25) is 5.02 Å². The maximum Gasteiger partial charge on any atom is 0.318 e. The molecule has 2 saturated heterocycles. The first kappa shape index (κ1) is 30.1. The molecule has 6 rings (SSSR count). The van der Waals surface area contributed by atoms with Crippen LogP contribution >= 0.6 is 11.6 Å². The molecule has 0 bridgehead atoms. The number of nitriles is 1. The Labute approximate surface area is 263 Å². The number of aromatic nitrogens is 2. The summed E-state index contributed by atoms with van der Waals surface area (Å²) < 4.78 is 6.19. The number of carbonyl (C=O) groups is 1. The van der Waals surface area contributed by atoms with Gasteiger partial charge < -0.3 is 24.5 Å². The van der Waals surface area contributed by atoms with Crippen molar-refractivity contribution in [2.45, 2.75) is 44.4 Å². The molecular weight excluding hydrogens is 578 g/mol. The van der Waals surface area contributed by atoms with Crippen LogP contribution in [0.3, 0.4) is 0 Å². The Hall–Kier alpha value is -3.91. The van der Waals surface area contributed by atoms with Gasteiger partial charge in [0.15, 0.2) is 5.72 Å². The summed E-state index contributed by atoms with van der Waals surface area (Å²) in [7, 11) is 0. The van der Waals surface area contributed by atoms with Crippen LogP contribution in [0.4, 0.5) is 11.5 Å². The molecule has 1 N–H and O–H groups in total. The van der Waals surface area contributed by atoms with Crippen molar-refractivity contribution in [3.8, 4) is 12.1 Å². The predicted molar refractivity (Wildman–Crippen MR) is 171 cm³/mol. The average molecular weight is 616 g/mol. The van der Waals surface area contributed by atoms with Crippen molar-refractivity contribution in [1.29, 1.82) is 5.26 Å². The molecule has 11 heteroatoms. The quantitative estimate of drug-likeness (QED) is 0.374. The molecule has 1 aromatic heterocycles. The summed E-state index contributed by atoms with van der Waals surface area (Å²) in [5, 5.41) is 23.9. The Balaban J connectivity index is 1.33. The average Bonchev–Trinajstić information content (AvgIpc) is 3.04. The van der Waals surface area contributed by atoms with E-state index in [4.69, 9.17) is 26.3 Å². The third-order valence-electron chi connectivity index (χ3n) is 8.93. The van der Waals surface area contributed by atoms with E-state index in [0.717, 1.165) is 53.9 Å². The van der Waals surface area contributed by atoms with Crippen LogP contribution in [0, 0.1) is 11.3 Å². The van der Waals surface area contributed by atoms with Gasteiger partial charge in [0.1, 0.15) is 12.4 Å². The number of ether oxygens (including phenoxy) is 1. The highest BCUT2D eigenvalue weighted by atomic mass is 35.5. The number of hydrogen-bond donors (Lipinski definition) is 1. The number of β-amino-alcohol motifs (C(OH)–C–C–N with tert-alkyl or cyclic N) is 1.